The van der Waals surface area contributed by atoms with Gasteiger partial charge in [-0.1, -0.05) is 90.7 Å². The second-order valence-electron chi connectivity index (χ2n) is 11.2. The van der Waals surface area contributed by atoms with Crippen LogP contribution in [0, 0.1) is 0 Å². The third-order valence-electron chi connectivity index (χ3n) is 7.33. The molecule has 1 N–H and O–H groups in total. The first-order valence-electron chi connectivity index (χ1n) is 16.1. The lowest BCUT2D eigenvalue weighted by atomic mass is 10.1. The highest BCUT2D eigenvalue weighted by atomic mass is 16.6. The van der Waals surface area contributed by atoms with Crippen LogP contribution in [0.2, 0.25) is 0 Å². The van der Waals surface area contributed by atoms with Gasteiger partial charge in [-0.15, -0.1) is 0 Å². The van der Waals surface area contributed by atoms with Gasteiger partial charge in [-0.05, 0) is 81.0 Å². The van der Waals surface area contributed by atoms with Crippen LogP contribution in [0.3, 0.4) is 0 Å². The standard InChI is InChI=1S/C35H54N2O4/c1-5-8-10-12-13-14-16-18-34(35(39)41-32(7-3)27-28(4)38)40-33-25-23-31(24-26-33)37-36-30-21-19-29(20-22-30)17-15-11-9-6-2/h19-26,28,32,34,38H,5-18,27H2,1-4H3. The molecule has 6 nitrogen and oxygen atoms in total. The molecular weight excluding hydrogens is 512 g/mol. The average Bonchev–Trinajstić information content (AvgIpc) is 2.97. The summed E-state index contributed by atoms with van der Waals surface area (Å²) in [7, 11) is 0. The Balaban J connectivity index is 1.95. The third-order valence-corrected chi connectivity index (χ3v) is 7.33. The van der Waals surface area contributed by atoms with E-state index in [2.05, 4.69) is 36.2 Å². The quantitative estimate of drug-likeness (QED) is 0.0873. The molecule has 0 spiro atoms. The summed E-state index contributed by atoms with van der Waals surface area (Å²) < 4.78 is 11.9. The predicted octanol–water partition coefficient (Wildman–Crippen LogP) is 10.2. The van der Waals surface area contributed by atoms with Crippen molar-refractivity contribution >= 4 is 17.3 Å². The molecule has 0 radical (unpaired) electrons. The van der Waals surface area contributed by atoms with Gasteiger partial charge in [-0.3, -0.25) is 0 Å². The second-order valence-corrected chi connectivity index (χ2v) is 11.2. The van der Waals surface area contributed by atoms with E-state index in [1.807, 2.05) is 43.3 Å². The van der Waals surface area contributed by atoms with E-state index >= 15 is 0 Å². The van der Waals surface area contributed by atoms with Crippen LogP contribution in [0.25, 0.3) is 0 Å². The monoisotopic (exact) mass is 566 g/mol. The minimum absolute atomic E-state index is 0.319. The number of unbranched alkanes of at least 4 members (excludes halogenated alkanes) is 9. The maximum atomic E-state index is 13.1. The Morgan fingerprint density at radius 2 is 1.29 bits per heavy atom. The number of esters is 1. The number of aryl methyl sites for hydroxylation is 1. The molecule has 2 aromatic rings. The number of nitrogens with zero attached hydrogens (tertiary/aromatic N) is 2. The number of rotatable bonds is 22. The van der Waals surface area contributed by atoms with Gasteiger partial charge < -0.3 is 14.6 Å². The number of aliphatic hydroxyl groups is 1. The molecule has 2 rings (SSSR count). The summed E-state index contributed by atoms with van der Waals surface area (Å²) in [4.78, 5) is 13.1. The second kappa shape index (κ2) is 21.0. The molecule has 0 heterocycles. The van der Waals surface area contributed by atoms with Crippen LogP contribution < -0.4 is 4.74 Å². The van der Waals surface area contributed by atoms with E-state index in [-0.39, 0.29) is 12.1 Å². The maximum absolute atomic E-state index is 13.1. The molecule has 0 saturated heterocycles. The molecule has 0 bridgehead atoms. The number of ether oxygens (including phenoxy) is 2. The zero-order valence-electron chi connectivity index (χ0n) is 26.0. The number of aliphatic hydroxyl groups excluding tert-OH is 1. The molecule has 0 aliphatic heterocycles. The molecule has 0 amide bonds. The van der Waals surface area contributed by atoms with Crippen molar-refractivity contribution in [1.29, 1.82) is 0 Å². The van der Waals surface area contributed by atoms with E-state index < -0.39 is 12.2 Å². The van der Waals surface area contributed by atoms with Crippen molar-refractivity contribution in [2.45, 2.75) is 142 Å². The lowest BCUT2D eigenvalue weighted by molar-refractivity contribution is -0.159. The Morgan fingerprint density at radius 3 is 1.85 bits per heavy atom. The number of azo groups is 1. The summed E-state index contributed by atoms with van der Waals surface area (Å²) in [6.45, 7) is 8.13. The van der Waals surface area contributed by atoms with Gasteiger partial charge in [0.1, 0.15) is 11.9 Å². The molecule has 41 heavy (non-hydrogen) atoms. The van der Waals surface area contributed by atoms with Crippen LogP contribution in [0.1, 0.15) is 123 Å². The van der Waals surface area contributed by atoms with Gasteiger partial charge in [0.05, 0.1) is 17.5 Å². The average molecular weight is 567 g/mol. The molecule has 2 aromatic carbocycles. The molecule has 0 fully saturated rings. The Hall–Kier alpha value is -2.73. The number of hydrogen-bond acceptors (Lipinski definition) is 6. The van der Waals surface area contributed by atoms with Crippen LogP contribution in [-0.4, -0.2) is 29.4 Å². The summed E-state index contributed by atoms with van der Waals surface area (Å²) in [6, 6.07) is 15.6. The molecule has 6 heteroatoms. The molecule has 3 atom stereocenters. The highest BCUT2D eigenvalue weighted by Crippen LogP contribution is 2.24. The Bertz CT molecular complexity index is 973. The van der Waals surface area contributed by atoms with Crippen LogP contribution in [0.15, 0.2) is 58.8 Å². The van der Waals surface area contributed by atoms with Crippen LogP contribution in [0.4, 0.5) is 11.4 Å². The van der Waals surface area contributed by atoms with Gasteiger partial charge in [0.25, 0.3) is 0 Å². The summed E-state index contributed by atoms with van der Waals surface area (Å²) in [5.41, 5.74) is 2.88. The van der Waals surface area contributed by atoms with Gasteiger partial charge in [-0.25, -0.2) is 4.79 Å². The summed E-state index contributed by atoms with van der Waals surface area (Å²) in [6.07, 6.45) is 14.5. The molecule has 0 aromatic heterocycles. The number of hydrogen-bond donors (Lipinski definition) is 1. The van der Waals surface area contributed by atoms with E-state index in [1.54, 1.807) is 6.92 Å². The molecular formula is C35H54N2O4. The smallest absolute Gasteiger partial charge is 0.347 e. The van der Waals surface area contributed by atoms with Gasteiger partial charge >= 0.3 is 5.97 Å². The van der Waals surface area contributed by atoms with Crippen molar-refractivity contribution in [3.8, 4) is 5.75 Å². The van der Waals surface area contributed by atoms with E-state index in [0.717, 1.165) is 30.6 Å². The van der Waals surface area contributed by atoms with E-state index in [1.165, 1.54) is 63.4 Å². The van der Waals surface area contributed by atoms with Gasteiger partial charge in [0, 0.05) is 6.42 Å². The lowest BCUT2D eigenvalue weighted by Crippen LogP contribution is -2.33. The molecule has 0 aliphatic carbocycles. The van der Waals surface area contributed by atoms with Crippen LogP contribution in [0.5, 0.6) is 5.75 Å². The summed E-state index contributed by atoms with van der Waals surface area (Å²) in [5.74, 6) is 0.242. The third kappa shape index (κ3) is 15.2. The van der Waals surface area contributed by atoms with Crippen molar-refractivity contribution < 1.29 is 19.4 Å². The van der Waals surface area contributed by atoms with Crippen molar-refractivity contribution in [2.24, 2.45) is 10.2 Å². The summed E-state index contributed by atoms with van der Waals surface area (Å²) in [5, 5.41) is 18.5. The van der Waals surface area contributed by atoms with Crippen molar-refractivity contribution in [3.05, 3.63) is 54.1 Å². The zero-order valence-corrected chi connectivity index (χ0v) is 26.0. The van der Waals surface area contributed by atoms with Gasteiger partial charge in [0.2, 0.25) is 0 Å². The normalized spacial score (nSPS) is 13.7. The highest BCUT2D eigenvalue weighted by Gasteiger charge is 2.25. The van der Waals surface area contributed by atoms with E-state index in [9.17, 15) is 9.90 Å². The topological polar surface area (TPSA) is 80.5 Å². The first-order chi connectivity index (χ1) is 19.9. The highest BCUT2D eigenvalue weighted by molar-refractivity contribution is 5.75. The van der Waals surface area contributed by atoms with Crippen LogP contribution >= 0.6 is 0 Å². The fourth-order valence-electron chi connectivity index (χ4n) is 4.79. The molecule has 3 unspecified atom stereocenters. The van der Waals surface area contributed by atoms with Crippen molar-refractivity contribution in [1.82, 2.24) is 0 Å². The molecule has 0 aliphatic rings. The number of carbonyl (C=O) groups excluding carboxylic acids is 1. The Kier molecular flexibility index (Phi) is 17.7. The van der Waals surface area contributed by atoms with Crippen LogP contribution in [-0.2, 0) is 16.0 Å². The fourth-order valence-corrected chi connectivity index (χ4v) is 4.79. The lowest BCUT2D eigenvalue weighted by Gasteiger charge is -2.23. The van der Waals surface area contributed by atoms with Gasteiger partial charge in [0.15, 0.2) is 6.10 Å². The van der Waals surface area contributed by atoms with E-state index in [0.29, 0.717) is 25.0 Å². The van der Waals surface area contributed by atoms with Crippen molar-refractivity contribution in [3.63, 3.8) is 0 Å². The minimum Gasteiger partial charge on any atom is -0.479 e. The largest absolute Gasteiger partial charge is 0.479 e. The molecule has 228 valence electrons. The minimum atomic E-state index is -0.679. The fraction of sp³-hybridized carbons (Fsp3) is 0.629. The van der Waals surface area contributed by atoms with Gasteiger partial charge in [-0.2, -0.15) is 10.2 Å². The van der Waals surface area contributed by atoms with Crippen molar-refractivity contribution in [2.75, 3.05) is 0 Å². The first kappa shape index (κ1) is 34.5. The number of benzene rings is 2. The first-order valence-corrected chi connectivity index (χ1v) is 16.1. The number of carbonyl (C=O) groups is 1. The maximum Gasteiger partial charge on any atom is 0.347 e. The SMILES string of the molecule is CCCCCCCCCC(Oc1ccc(N=Nc2ccc(CCCCCC)cc2)cc1)C(=O)OC(CC)CC(C)O. The van der Waals surface area contributed by atoms with E-state index in [4.69, 9.17) is 9.47 Å². The predicted molar refractivity (Wildman–Crippen MR) is 168 cm³/mol. The zero-order chi connectivity index (χ0) is 29.7. The summed E-state index contributed by atoms with van der Waals surface area (Å²) >= 11 is 0. The Morgan fingerprint density at radius 1 is 0.756 bits per heavy atom. The Labute approximate surface area is 249 Å². The molecule has 0 saturated carbocycles.